The summed E-state index contributed by atoms with van der Waals surface area (Å²) in [6.45, 7) is 9.28. The number of aliphatic imine (C=N–C) groups is 1. The Bertz CT molecular complexity index is 599. The van der Waals surface area contributed by atoms with E-state index in [0.29, 0.717) is 11.8 Å². The van der Waals surface area contributed by atoms with E-state index in [-0.39, 0.29) is 0 Å². The van der Waals surface area contributed by atoms with E-state index < -0.39 is 0 Å². The molecule has 0 bridgehead atoms. The van der Waals surface area contributed by atoms with Gasteiger partial charge < -0.3 is 19.9 Å². The van der Waals surface area contributed by atoms with Crippen LogP contribution in [-0.2, 0) is 0 Å². The SMILES string of the molecule is C/C=C/CCN=C(NCC)N1CCN(c2ncc(Br)c(OC)n2)CC1. The van der Waals surface area contributed by atoms with Gasteiger partial charge in [0, 0.05) is 39.3 Å². The lowest BCUT2D eigenvalue weighted by atomic mass is 10.3. The molecule has 0 radical (unpaired) electrons. The normalized spacial score (nSPS) is 15.8. The Hall–Kier alpha value is -1.83. The first-order chi connectivity index (χ1) is 12.2. The van der Waals surface area contributed by atoms with Gasteiger partial charge in [0.2, 0.25) is 11.8 Å². The lowest BCUT2D eigenvalue weighted by Gasteiger charge is -2.36. The molecule has 2 rings (SSSR count). The van der Waals surface area contributed by atoms with Crippen LogP contribution in [0.2, 0.25) is 0 Å². The maximum absolute atomic E-state index is 5.26. The number of methoxy groups -OCH3 is 1. The highest BCUT2D eigenvalue weighted by Crippen LogP contribution is 2.23. The van der Waals surface area contributed by atoms with E-state index in [9.17, 15) is 0 Å². The van der Waals surface area contributed by atoms with Crippen LogP contribution < -0.4 is 15.0 Å². The summed E-state index contributed by atoms with van der Waals surface area (Å²) in [6, 6.07) is 0. The van der Waals surface area contributed by atoms with Crippen molar-refractivity contribution in [2.45, 2.75) is 20.3 Å². The fourth-order valence-corrected chi connectivity index (χ4v) is 2.95. The molecule has 0 spiro atoms. The summed E-state index contributed by atoms with van der Waals surface area (Å²) < 4.78 is 6.03. The maximum Gasteiger partial charge on any atom is 0.232 e. The first kappa shape index (κ1) is 19.5. The second kappa shape index (κ2) is 10.2. The van der Waals surface area contributed by atoms with Crippen molar-refractivity contribution in [1.82, 2.24) is 20.2 Å². The highest BCUT2D eigenvalue weighted by molar-refractivity contribution is 9.10. The average molecular weight is 411 g/mol. The first-order valence-corrected chi connectivity index (χ1v) is 9.44. The molecule has 1 aliphatic heterocycles. The highest BCUT2D eigenvalue weighted by atomic mass is 79.9. The molecule has 1 aromatic heterocycles. The van der Waals surface area contributed by atoms with Crippen LogP contribution in [0.3, 0.4) is 0 Å². The number of allylic oxidation sites excluding steroid dienone is 1. The zero-order valence-electron chi connectivity index (χ0n) is 15.2. The van der Waals surface area contributed by atoms with E-state index in [4.69, 9.17) is 9.73 Å². The zero-order valence-corrected chi connectivity index (χ0v) is 16.8. The maximum atomic E-state index is 5.26. The third kappa shape index (κ3) is 5.59. The third-order valence-electron chi connectivity index (χ3n) is 3.88. The Kier molecular flexibility index (Phi) is 7.97. The van der Waals surface area contributed by atoms with Gasteiger partial charge in [-0.05, 0) is 36.2 Å². The number of halogens is 1. The van der Waals surface area contributed by atoms with Crippen LogP contribution >= 0.6 is 15.9 Å². The van der Waals surface area contributed by atoms with Gasteiger partial charge in [0.15, 0.2) is 5.96 Å². The molecule has 0 aromatic carbocycles. The van der Waals surface area contributed by atoms with Crippen LogP contribution in [-0.4, -0.2) is 67.2 Å². The van der Waals surface area contributed by atoms with Gasteiger partial charge in [-0.1, -0.05) is 12.2 Å². The quantitative estimate of drug-likeness (QED) is 0.336. The van der Waals surface area contributed by atoms with Crippen LogP contribution in [0.5, 0.6) is 5.88 Å². The van der Waals surface area contributed by atoms with Gasteiger partial charge >= 0.3 is 0 Å². The van der Waals surface area contributed by atoms with Gasteiger partial charge in [0.1, 0.15) is 0 Å². The molecule has 0 unspecified atom stereocenters. The van der Waals surface area contributed by atoms with Crippen LogP contribution in [0.25, 0.3) is 0 Å². The van der Waals surface area contributed by atoms with Crippen molar-refractivity contribution in [3.8, 4) is 5.88 Å². The van der Waals surface area contributed by atoms with Crippen molar-refractivity contribution >= 4 is 27.8 Å². The number of anilines is 1. The number of hydrogen-bond acceptors (Lipinski definition) is 5. The van der Waals surface area contributed by atoms with Crippen LogP contribution in [0.1, 0.15) is 20.3 Å². The number of guanidine groups is 1. The Morgan fingerprint density at radius 1 is 1.40 bits per heavy atom. The fraction of sp³-hybridized carbons (Fsp3) is 0.588. The van der Waals surface area contributed by atoms with Crippen molar-refractivity contribution in [3.63, 3.8) is 0 Å². The molecule has 25 heavy (non-hydrogen) atoms. The van der Waals surface area contributed by atoms with Crippen LogP contribution in [0, 0.1) is 0 Å². The minimum atomic E-state index is 0.561. The van der Waals surface area contributed by atoms with Crippen molar-refractivity contribution in [1.29, 1.82) is 0 Å². The van der Waals surface area contributed by atoms with Gasteiger partial charge in [-0.15, -0.1) is 0 Å². The van der Waals surface area contributed by atoms with E-state index in [1.165, 1.54) is 0 Å². The van der Waals surface area contributed by atoms with E-state index in [1.54, 1.807) is 13.3 Å². The third-order valence-corrected chi connectivity index (χ3v) is 4.43. The van der Waals surface area contributed by atoms with Gasteiger partial charge in [-0.3, -0.25) is 4.99 Å². The molecule has 138 valence electrons. The number of hydrogen-bond donors (Lipinski definition) is 1. The Morgan fingerprint density at radius 2 is 2.16 bits per heavy atom. The van der Waals surface area contributed by atoms with Crippen molar-refractivity contribution in [2.24, 2.45) is 4.99 Å². The molecule has 8 heteroatoms. The van der Waals surface area contributed by atoms with Crippen molar-refractivity contribution < 1.29 is 4.74 Å². The molecule has 2 heterocycles. The smallest absolute Gasteiger partial charge is 0.232 e. The van der Waals surface area contributed by atoms with Gasteiger partial charge in [-0.2, -0.15) is 4.98 Å². The number of aromatic nitrogens is 2. The van der Waals surface area contributed by atoms with Crippen LogP contribution in [0.15, 0.2) is 27.8 Å². The standard InChI is InChI=1S/C17H27BrN6O/c1-4-6-7-8-20-16(19-5-2)23-9-11-24(12-10-23)17-21-13-14(18)15(22-17)25-3/h4,6,13H,5,7-12H2,1-3H3,(H,19,20)/b6-4+. The molecule has 1 saturated heterocycles. The molecule has 0 amide bonds. The van der Waals surface area contributed by atoms with E-state index in [2.05, 4.69) is 60.1 Å². The molecular formula is C17H27BrN6O. The summed E-state index contributed by atoms with van der Waals surface area (Å²) >= 11 is 3.39. The summed E-state index contributed by atoms with van der Waals surface area (Å²) in [5, 5.41) is 3.39. The molecule has 7 nitrogen and oxygen atoms in total. The largest absolute Gasteiger partial charge is 0.480 e. The zero-order chi connectivity index (χ0) is 18.1. The average Bonchev–Trinajstić information content (AvgIpc) is 2.65. The lowest BCUT2D eigenvalue weighted by molar-refractivity contribution is 0.366. The fourth-order valence-electron chi connectivity index (χ4n) is 2.59. The molecule has 1 aliphatic rings. The number of nitrogens with zero attached hydrogens (tertiary/aromatic N) is 5. The summed E-state index contributed by atoms with van der Waals surface area (Å²) in [5.41, 5.74) is 0. The number of ether oxygens (including phenoxy) is 1. The molecule has 1 aromatic rings. The molecule has 0 atom stereocenters. The second-order valence-electron chi connectivity index (χ2n) is 5.59. The lowest BCUT2D eigenvalue weighted by Crippen LogP contribution is -2.53. The predicted octanol–water partition coefficient (Wildman–Crippen LogP) is 2.30. The van der Waals surface area contributed by atoms with Crippen molar-refractivity contribution in [2.75, 3.05) is 51.3 Å². The van der Waals surface area contributed by atoms with E-state index in [0.717, 1.165) is 56.1 Å². The Morgan fingerprint density at radius 3 is 2.80 bits per heavy atom. The minimum Gasteiger partial charge on any atom is -0.480 e. The molecule has 0 aliphatic carbocycles. The molecule has 1 fully saturated rings. The number of rotatable bonds is 6. The minimum absolute atomic E-state index is 0.561. The molecular weight excluding hydrogens is 384 g/mol. The number of piperazine rings is 1. The monoisotopic (exact) mass is 410 g/mol. The van der Waals surface area contributed by atoms with Crippen LogP contribution in [0.4, 0.5) is 5.95 Å². The number of nitrogens with one attached hydrogen (secondary N) is 1. The topological polar surface area (TPSA) is 65.9 Å². The summed E-state index contributed by atoms with van der Waals surface area (Å²) in [7, 11) is 1.61. The van der Waals surface area contributed by atoms with Gasteiger partial charge in [-0.25, -0.2) is 4.98 Å². The van der Waals surface area contributed by atoms with E-state index in [1.807, 2.05) is 6.92 Å². The molecule has 1 N–H and O–H groups in total. The molecule has 0 saturated carbocycles. The summed E-state index contributed by atoms with van der Waals surface area (Å²) in [4.78, 5) is 18.1. The first-order valence-electron chi connectivity index (χ1n) is 8.65. The van der Waals surface area contributed by atoms with Gasteiger partial charge in [0.25, 0.3) is 0 Å². The Labute approximate surface area is 158 Å². The Balaban J connectivity index is 1.96. The second-order valence-corrected chi connectivity index (χ2v) is 6.45. The van der Waals surface area contributed by atoms with Crippen molar-refractivity contribution in [3.05, 3.63) is 22.8 Å². The predicted molar refractivity (Wildman–Crippen MR) is 105 cm³/mol. The highest BCUT2D eigenvalue weighted by Gasteiger charge is 2.22. The van der Waals surface area contributed by atoms with Gasteiger partial charge in [0.05, 0.1) is 17.8 Å². The van der Waals surface area contributed by atoms with E-state index >= 15 is 0 Å². The summed E-state index contributed by atoms with van der Waals surface area (Å²) in [6.07, 6.45) is 6.91. The summed E-state index contributed by atoms with van der Waals surface area (Å²) in [5.74, 6) is 2.25.